The van der Waals surface area contributed by atoms with Crippen molar-refractivity contribution in [2.45, 2.75) is 12.8 Å². The number of furan rings is 1. The van der Waals surface area contributed by atoms with E-state index in [4.69, 9.17) is 4.42 Å². The van der Waals surface area contributed by atoms with Gasteiger partial charge in [-0.3, -0.25) is 19.7 Å². The summed E-state index contributed by atoms with van der Waals surface area (Å²) in [5.41, 5.74) is 0.537. The summed E-state index contributed by atoms with van der Waals surface area (Å²) in [5, 5.41) is 14.8. The van der Waals surface area contributed by atoms with Gasteiger partial charge in [0.1, 0.15) is 11.1 Å². The Morgan fingerprint density at radius 2 is 1.80 bits per heavy atom. The number of hydrogen-bond donors (Lipinski definition) is 1. The Morgan fingerprint density at radius 1 is 1.10 bits per heavy atom. The second-order valence-corrected chi connectivity index (χ2v) is 7.37. The molecule has 1 saturated heterocycles. The molecule has 30 heavy (non-hydrogen) atoms. The van der Waals surface area contributed by atoms with Crippen molar-refractivity contribution in [2.75, 3.05) is 19.6 Å². The molecule has 0 bridgehead atoms. The molecule has 2 amide bonds. The quantitative estimate of drug-likeness (QED) is 0.514. The van der Waals surface area contributed by atoms with Gasteiger partial charge in [-0.25, -0.2) is 0 Å². The molecule has 2 aromatic carbocycles. The molecule has 0 aliphatic carbocycles. The largest absolute Gasteiger partial charge is 0.451 e. The van der Waals surface area contributed by atoms with E-state index in [1.807, 2.05) is 24.3 Å². The summed E-state index contributed by atoms with van der Waals surface area (Å²) in [5.74, 6) is -0.0486. The third-order valence-corrected chi connectivity index (χ3v) is 5.43. The van der Waals surface area contributed by atoms with Gasteiger partial charge in [0.15, 0.2) is 5.76 Å². The Balaban J connectivity index is 1.31. The molecule has 0 unspecified atom stereocenters. The van der Waals surface area contributed by atoms with Crippen LogP contribution in [0.2, 0.25) is 0 Å². The zero-order valence-electron chi connectivity index (χ0n) is 16.2. The van der Waals surface area contributed by atoms with Crippen molar-refractivity contribution in [2.24, 2.45) is 5.92 Å². The molecule has 0 radical (unpaired) electrons. The smallest absolute Gasteiger partial charge is 0.289 e. The SMILES string of the molecule is O=C(NCC1CCN(C(=O)c2cc3ccccc3o2)CC1)c1ccccc1[N+](=O)[O-]. The van der Waals surface area contributed by atoms with Crippen molar-refractivity contribution >= 4 is 28.5 Å². The summed E-state index contributed by atoms with van der Waals surface area (Å²) in [6.07, 6.45) is 1.48. The minimum atomic E-state index is -0.558. The van der Waals surface area contributed by atoms with Crippen molar-refractivity contribution in [1.29, 1.82) is 0 Å². The van der Waals surface area contributed by atoms with Gasteiger partial charge in [0.25, 0.3) is 17.5 Å². The van der Waals surface area contributed by atoms with Crippen LogP contribution in [0, 0.1) is 16.0 Å². The number of benzene rings is 2. The summed E-state index contributed by atoms with van der Waals surface area (Å²) in [6, 6.07) is 15.2. The van der Waals surface area contributed by atoms with E-state index in [-0.39, 0.29) is 23.1 Å². The van der Waals surface area contributed by atoms with E-state index >= 15 is 0 Å². The first-order valence-corrected chi connectivity index (χ1v) is 9.82. The summed E-state index contributed by atoms with van der Waals surface area (Å²) in [6.45, 7) is 1.56. The van der Waals surface area contributed by atoms with Gasteiger partial charge in [-0.2, -0.15) is 0 Å². The lowest BCUT2D eigenvalue weighted by atomic mass is 9.96. The summed E-state index contributed by atoms with van der Waals surface area (Å²) in [4.78, 5) is 37.4. The van der Waals surface area contributed by atoms with E-state index in [1.165, 1.54) is 18.2 Å². The highest BCUT2D eigenvalue weighted by atomic mass is 16.6. The predicted molar refractivity (Wildman–Crippen MR) is 110 cm³/mol. The molecule has 8 nitrogen and oxygen atoms in total. The van der Waals surface area contributed by atoms with Crippen LogP contribution in [0.3, 0.4) is 0 Å². The van der Waals surface area contributed by atoms with Crippen LogP contribution in [0.25, 0.3) is 11.0 Å². The second kappa shape index (κ2) is 8.36. The van der Waals surface area contributed by atoms with E-state index in [0.29, 0.717) is 31.0 Å². The zero-order chi connectivity index (χ0) is 21.1. The average Bonchev–Trinajstić information content (AvgIpc) is 3.21. The molecular formula is C22H21N3O5. The highest BCUT2D eigenvalue weighted by Crippen LogP contribution is 2.23. The molecule has 1 aliphatic rings. The molecule has 8 heteroatoms. The summed E-state index contributed by atoms with van der Waals surface area (Å²) < 4.78 is 5.67. The van der Waals surface area contributed by atoms with Crippen LogP contribution in [-0.2, 0) is 0 Å². The Labute approximate surface area is 172 Å². The molecule has 0 atom stereocenters. The van der Waals surface area contributed by atoms with E-state index in [1.54, 1.807) is 17.0 Å². The van der Waals surface area contributed by atoms with Crippen molar-refractivity contribution in [3.8, 4) is 0 Å². The first-order chi connectivity index (χ1) is 14.5. The number of carbonyl (C=O) groups excluding carboxylic acids is 2. The van der Waals surface area contributed by atoms with Gasteiger partial charge in [-0.1, -0.05) is 30.3 Å². The summed E-state index contributed by atoms with van der Waals surface area (Å²) in [7, 11) is 0. The minimum absolute atomic E-state index is 0.0556. The minimum Gasteiger partial charge on any atom is -0.451 e. The zero-order valence-corrected chi connectivity index (χ0v) is 16.2. The predicted octanol–water partition coefficient (Wildman–Crippen LogP) is 3.62. The van der Waals surface area contributed by atoms with Crippen LogP contribution < -0.4 is 5.32 Å². The number of fused-ring (bicyclic) bond motifs is 1. The molecule has 4 rings (SSSR count). The monoisotopic (exact) mass is 407 g/mol. The maximum absolute atomic E-state index is 12.7. The first-order valence-electron chi connectivity index (χ1n) is 9.82. The number of nitro groups is 1. The van der Waals surface area contributed by atoms with Gasteiger partial charge >= 0.3 is 0 Å². The maximum atomic E-state index is 12.7. The number of nitro benzene ring substituents is 1. The lowest BCUT2D eigenvalue weighted by Gasteiger charge is -2.31. The van der Waals surface area contributed by atoms with Crippen LogP contribution in [0.5, 0.6) is 0 Å². The standard InChI is InChI=1S/C22H21N3O5/c26-21(17-6-2-3-7-18(17)25(28)29)23-14-15-9-11-24(12-10-15)22(27)20-13-16-5-1-4-8-19(16)30-20/h1-8,13,15H,9-12,14H2,(H,23,26). The lowest BCUT2D eigenvalue weighted by molar-refractivity contribution is -0.385. The molecule has 1 aliphatic heterocycles. The molecule has 2 heterocycles. The van der Waals surface area contributed by atoms with Crippen LogP contribution >= 0.6 is 0 Å². The third-order valence-electron chi connectivity index (χ3n) is 5.43. The van der Waals surface area contributed by atoms with Crippen molar-refractivity contribution in [3.05, 3.63) is 76.0 Å². The number of carbonyl (C=O) groups is 2. The topological polar surface area (TPSA) is 106 Å². The highest BCUT2D eigenvalue weighted by Gasteiger charge is 2.26. The normalized spacial score (nSPS) is 14.6. The number of piperidine rings is 1. The molecule has 0 spiro atoms. The molecule has 1 fully saturated rings. The van der Waals surface area contributed by atoms with E-state index in [2.05, 4.69) is 5.32 Å². The van der Waals surface area contributed by atoms with E-state index in [0.717, 1.165) is 18.2 Å². The number of para-hydroxylation sites is 2. The molecule has 3 aromatic rings. The molecule has 1 N–H and O–H groups in total. The lowest BCUT2D eigenvalue weighted by Crippen LogP contribution is -2.41. The Hall–Kier alpha value is -3.68. The van der Waals surface area contributed by atoms with Gasteiger partial charge in [0.2, 0.25) is 0 Å². The molecule has 0 saturated carbocycles. The molecule has 154 valence electrons. The first kappa shape index (κ1) is 19.6. The van der Waals surface area contributed by atoms with E-state index in [9.17, 15) is 19.7 Å². The van der Waals surface area contributed by atoms with Crippen molar-refractivity contribution in [1.82, 2.24) is 10.2 Å². The van der Waals surface area contributed by atoms with Gasteiger partial charge in [0.05, 0.1) is 4.92 Å². The number of amides is 2. The maximum Gasteiger partial charge on any atom is 0.289 e. The van der Waals surface area contributed by atoms with Crippen LogP contribution in [0.4, 0.5) is 5.69 Å². The second-order valence-electron chi connectivity index (χ2n) is 7.37. The fraction of sp³-hybridized carbons (Fsp3) is 0.273. The summed E-state index contributed by atoms with van der Waals surface area (Å²) >= 11 is 0. The number of likely N-dealkylation sites (tertiary alicyclic amines) is 1. The average molecular weight is 407 g/mol. The number of hydrogen-bond acceptors (Lipinski definition) is 5. The number of nitrogens with zero attached hydrogens (tertiary/aromatic N) is 2. The third kappa shape index (κ3) is 4.03. The molecular weight excluding hydrogens is 386 g/mol. The van der Waals surface area contributed by atoms with Gasteiger partial charge in [-0.05, 0) is 37.0 Å². The fourth-order valence-corrected chi connectivity index (χ4v) is 3.74. The van der Waals surface area contributed by atoms with Crippen LogP contribution in [-0.4, -0.2) is 41.3 Å². The van der Waals surface area contributed by atoms with Crippen LogP contribution in [0.15, 0.2) is 59.0 Å². The van der Waals surface area contributed by atoms with Gasteiger partial charge < -0.3 is 14.6 Å². The molecule has 1 aromatic heterocycles. The number of nitrogens with one attached hydrogen (secondary N) is 1. The van der Waals surface area contributed by atoms with E-state index < -0.39 is 10.8 Å². The Kier molecular flexibility index (Phi) is 5.47. The van der Waals surface area contributed by atoms with Crippen molar-refractivity contribution in [3.63, 3.8) is 0 Å². The Bertz CT molecular complexity index is 1070. The van der Waals surface area contributed by atoms with Crippen LogP contribution in [0.1, 0.15) is 33.8 Å². The van der Waals surface area contributed by atoms with Crippen molar-refractivity contribution < 1.29 is 18.9 Å². The number of rotatable bonds is 5. The van der Waals surface area contributed by atoms with Gasteiger partial charge in [-0.15, -0.1) is 0 Å². The highest BCUT2D eigenvalue weighted by molar-refractivity contribution is 5.98. The van der Waals surface area contributed by atoms with Gasteiger partial charge in [0, 0.05) is 31.1 Å². The Morgan fingerprint density at radius 3 is 2.53 bits per heavy atom. The fourth-order valence-electron chi connectivity index (χ4n) is 3.74.